The van der Waals surface area contributed by atoms with Crippen LogP contribution in [0.3, 0.4) is 0 Å². The average Bonchev–Trinajstić information content (AvgIpc) is 3.62. The minimum absolute atomic E-state index is 0.130. The van der Waals surface area contributed by atoms with E-state index in [9.17, 15) is 9.59 Å². The number of aryl methyl sites for hydroxylation is 1. The lowest BCUT2D eigenvalue weighted by Gasteiger charge is -2.18. The second-order valence-corrected chi connectivity index (χ2v) is 12.9. The molecule has 0 radical (unpaired) electrons. The van der Waals surface area contributed by atoms with E-state index in [-0.39, 0.29) is 17.6 Å². The van der Waals surface area contributed by atoms with Crippen LogP contribution in [0.15, 0.2) is 53.5 Å². The van der Waals surface area contributed by atoms with Crippen LogP contribution in [0, 0.1) is 12.8 Å². The number of thiophene rings is 2. The number of nitrogens with one attached hydrogen (secondary N) is 1. The molecule has 40 heavy (non-hydrogen) atoms. The van der Waals surface area contributed by atoms with Crippen molar-refractivity contribution in [1.82, 2.24) is 14.8 Å². The quantitative estimate of drug-likeness (QED) is 0.118. The zero-order valence-corrected chi connectivity index (χ0v) is 25.3. The fourth-order valence-electron chi connectivity index (χ4n) is 5.02. The Labute approximate surface area is 246 Å². The van der Waals surface area contributed by atoms with Gasteiger partial charge in [0.15, 0.2) is 11.0 Å². The standard InChI is InChI=1S/C30H32N4O3S3/c1-5-14-34-27(22-16-38-19(4)25(22)20-10-8-7-9-11-20)32-33-30(34)39-17-24(35)31-28-26(29(36)37-6-2)21-13-12-18(3)15-23(21)40-28/h5,7-11,16,18H,1,6,12-15,17H2,2-4H3,(H,31,35). The van der Waals surface area contributed by atoms with Crippen molar-refractivity contribution < 1.29 is 14.3 Å². The molecule has 4 aromatic rings. The van der Waals surface area contributed by atoms with Crippen molar-refractivity contribution in [2.75, 3.05) is 17.7 Å². The number of hydrogen-bond acceptors (Lipinski definition) is 8. The van der Waals surface area contributed by atoms with Gasteiger partial charge in [-0.15, -0.1) is 39.4 Å². The third kappa shape index (κ3) is 5.80. The molecule has 10 heteroatoms. The van der Waals surface area contributed by atoms with Crippen molar-refractivity contribution in [3.63, 3.8) is 0 Å². The van der Waals surface area contributed by atoms with Crippen LogP contribution in [0.25, 0.3) is 22.5 Å². The first-order valence-electron chi connectivity index (χ1n) is 13.3. The maximum absolute atomic E-state index is 13.1. The third-order valence-electron chi connectivity index (χ3n) is 6.88. The number of carbonyl (C=O) groups is 2. The highest BCUT2D eigenvalue weighted by Gasteiger charge is 2.29. The summed E-state index contributed by atoms with van der Waals surface area (Å²) >= 11 is 4.50. The number of nitrogens with zero attached hydrogens (tertiary/aromatic N) is 3. The van der Waals surface area contributed by atoms with E-state index in [4.69, 9.17) is 4.74 Å². The lowest BCUT2D eigenvalue weighted by molar-refractivity contribution is -0.113. The number of rotatable bonds is 10. The van der Waals surface area contributed by atoms with Crippen LogP contribution in [-0.2, 0) is 28.9 Å². The molecule has 0 saturated heterocycles. The molecule has 1 N–H and O–H groups in total. The Kier molecular flexibility index (Phi) is 8.87. The Bertz CT molecular complexity index is 1540. The van der Waals surface area contributed by atoms with Gasteiger partial charge in [-0.25, -0.2) is 4.79 Å². The molecule has 0 saturated carbocycles. The summed E-state index contributed by atoms with van der Waals surface area (Å²) in [5.74, 6) is 0.863. The highest BCUT2D eigenvalue weighted by atomic mass is 32.2. The molecular formula is C30H32N4O3S3. The molecule has 3 heterocycles. The van der Waals surface area contributed by atoms with Crippen molar-refractivity contribution in [2.24, 2.45) is 5.92 Å². The molecule has 0 aliphatic heterocycles. The second-order valence-electron chi connectivity index (χ2n) is 9.77. The zero-order valence-electron chi connectivity index (χ0n) is 22.9. The highest BCUT2D eigenvalue weighted by Crippen LogP contribution is 2.41. The van der Waals surface area contributed by atoms with Gasteiger partial charge in [-0.3, -0.25) is 9.36 Å². The number of fused-ring (bicyclic) bond motifs is 1. The summed E-state index contributed by atoms with van der Waals surface area (Å²) in [5, 5.41) is 15.3. The van der Waals surface area contributed by atoms with Gasteiger partial charge in [-0.05, 0) is 50.2 Å². The molecule has 1 aliphatic carbocycles. The Balaban J connectivity index is 1.37. The summed E-state index contributed by atoms with van der Waals surface area (Å²) in [6, 6.07) is 10.3. The van der Waals surface area contributed by atoms with Crippen LogP contribution < -0.4 is 5.32 Å². The van der Waals surface area contributed by atoms with Crippen LogP contribution in [0.1, 0.15) is 45.9 Å². The lowest BCUT2D eigenvalue weighted by Crippen LogP contribution is -2.18. The number of ether oxygens (including phenoxy) is 1. The van der Waals surface area contributed by atoms with Crippen LogP contribution in [-0.4, -0.2) is 39.0 Å². The number of thioether (sulfide) groups is 1. The molecular weight excluding hydrogens is 561 g/mol. The van der Waals surface area contributed by atoms with Gasteiger partial charge in [0.2, 0.25) is 5.91 Å². The van der Waals surface area contributed by atoms with Gasteiger partial charge < -0.3 is 10.1 Å². The van der Waals surface area contributed by atoms with E-state index in [2.05, 4.69) is 53.5 Å². The fourth-order valence-corrected chi connectivity index (χ4v) is 8.05. The smallest absolute Gasteiger partial charge is 0.341 e. The van der Waals surface area contributed by atoms with Gasteiger partial charge in [0.25, 0.3) is 0 Å². The predicted octanol–water partition coefficient (Wildman–Crippen LogP) is 7.26. The summed E-state index contributed by atoms with van der Waals surface area (Å²) in [5.41, 5.74) is 4.82. The van der Waals surface area contributed by atoms with Gasteiger partial charge in [0.1, 0.15) is 5.00 Å². The number of amides is 1. The summed E-state index contributed by atoms with van der Waals surface area (Å²) < 4.78 is 7.34. The van der Waals surface area contributed by atoms with E-state index in [1.807, 2.05) is 22.8 Å². The van der Waals surface area contributed by atoms with E-state index in [1.165, 1.54) is 32.9 Å². The topological polar surface area (TPSA) is 86.1 Å². The molecule has 7 nitrogen and oxygen atoms in total. The number of allylic oxidation sites excluding steroid dienone is 1. The summed E-state index contributed by atoms with van der Waals surface area (Å²) in [7, 11) is 0. The van der Waals surface area contributed by atoms with E-state index in [0.29, 0.717) is 34.8 Å². The number of esters is 1. The number of benzene rings is 1. The van der Waals surface area contributed by atoms with Crippen molar-refractivity contribution in [1.29, 1.82) is 0 Å². The maximum Gasteiger partial charge on any atom is 0.341 e. The molecule has 5 rings (SSSR count). The van der Waals surface area contributed by atoms with Crippen LogP contribution in [0.2, 0.25) is 0 Å². The average molecular weight is 593 g/mol. The highest BCUT2D eigenvalue weighted by molar-refractivity contribution is 7.99. The Morgan fingerprint density at radius 1 is 1.27 bits per heavy atom. The fraction of sp³-hybridized carbons (Fsp3) is 0.333. The van der Waals surface area contributed by atoms with Crippen LogP contribution in [0.4, 0.5) is 5.00 Å². The minimum Gasteiger partial charge on any atom is -0.462 e. The molecule has 1 amide bonds. The number of anilines is 1. The van der Waals surface area contributed by atoms with Gasteiger partial charge >= 0.3 is 5.97 Å². The Morgan fingerprint density at radius 2 is 2.08 bits per heavy atom. The van der Waals surface area contributed by atoms with Gasteiger partial charge in [-0.1, -0.05) is 55.1 Å². The largest absolute Gasteiger partial charge is 0.462 e. The molecule has 0 spiro atoms. The number of hydrogen-bond donors (Lipinski definition) is 1. The van der Waals surface area contributed by atoms with Gasteiger partial charge in [0, 0.05) is 32.8 Å². The maximum atomic E-state index is 13.1. The molecule has 1 unspecified atom stereocenters. The SMILES string of the molecule is C=CCn1c(SCC(=O)Nc2sc3c(c2C(=O)OCC)CCC(C)C3)nnc1-c1csc(C)c1-c1ccccc1. The monoisotopic (exact) mass is 592 g/mol. The van der Waals surface area contributed by atoms with E-state index in [0.717, 1.165) is 47.3 Å². The summed E-state index contributed by atoms with van der Waals surface area (Å²) in [6.45, 7) is 10.8. The number of carbonyl (C=O) groups excluding carboxylic acids is 2. The van der Waals surface area contributed by atoms with Crippen molar-refractivity contribution >= 4 is 51.3 Å². The first-order valence-corrected chi connectivity index (χ1v) is 16.0. The van der Waals surface area contributed by atoms with E-state index < -0.39 is 0 Å². The third-order valence-corrected chi connectivity index (χ3v) is 9.93. The summed E-state index contributed by atoms with van der Waals surface area (Å²) in [6.07, 6.45) is 4.57. The molecule has 1 aromatic carbocycles. The normalized spacial score (nSPS) is 14.5. The molecule has 208 valence electrons. The lowest BCUT2D eigenvalue weighted by atomic mass is 9.88. The molecule has 1 aliphatic rings. The van der Waals surface area contributed by atoms with E-state index >= 15 is 0 Å². The first-order chi connectivity index (χ1) is 19.4. The zero-order chi connectivity index (χ0) is 28.2. The molecule has 1 atom stereocenters. The molecule has 0 bridgehead atoms. The van der Waals surface area contributed by atoms with E-state index in [1.54, 1.807) is 24.3 Å². The Morgan fingerprint density at radius 3 is 2.83 bits per heavy atom. The van der Waals surface area contributed by atoms with Crippen LogP contribution >= 0.6 is 34.4 Å². The van der Waals surface area contributed by atoms with Crippen molar-refractivity contribution in [3.8, 4) is 22.5 Å². The molecule has 0 fully saturated rings. The number of aromatic nitrogens is 3. The Hall–Kier alpha value is -3.21. The first kappa shape index (κ1) is 28.3. The summed E-state index contributed by atoms with van der Waals surface area (Å²) in [4.78, 5) is 28.3. The van der Waals surface area contributed by atoms with Gasteiger partial charge in [0.05, 0.1) is 17.9 Å². The molecule has 3 aromatic heterocycles. The van der Waals surface area contributed by atoms with Crippen molar-refractivity contribution in [3.05, 3.63) is 69.2 Å². The minimum atomic E-state index is -0.367. The second kappa shape index (κ2) is 12.5. The van der Waals surface area contributed by atoms with Gasteiger partial charge in [-0.2, -0.15) is 0 Å². The predicted molar refractivity (Wildman–Crippen MR) is 165 cm³/mol. The van der Waals surface area contributed by atoms with Crippen LogP contribution in [0.5, 0.6) is 0 Å². The van der Waals surface area contributed by atoms with Crippen molar-refractivity contribution in [2.45, 2.75) is 51.7 Å².